The van der Waals surface area contributed by atoms with Crippen LogP contribution in [0.25, 0.3) is 45.2 Å². The molecule has 2 aliphatic heterocycles. The third-order valence-corrected chi connectivity index (χ3v) is 13.4. The van der Waals surface area contributed by atoms with Gasteiger partial charge in [0.05, 0.1) is 56.2 Å². The number of aryl methyl sites for hydroxylation is 6. The lowest BCUT2D eigenvalue weighted by atomic mass is 9.91. The molecule has 0 amide bonds. The summed E-state index contributed by atoms with van der Waals surface area (Å²) in [7, 11) is 0. The number of nitrogens with zero attached hydrogens (tertiary/aromatic N) is 9. The van der Waals surface area contributed by atoms with Crippen LogP contribution < -0.4 is 16.4 Å². The van der Waals surface area contributed by atoms with Gasteiger partial charge in [0.25, 0.3) is 0 Å². The average Bonchev–Trinajstić information content (AvgIpc) is 4.08. The van der Waals surface area contributed by atoms with Crippen LogP contribution in [0.3, 0.4) is 0 Å². The SMILES string of the molecule is C=Cc1cc2c3c(c1)nc(NC(=C)c1cc(C)nn1CC)n3C/C=C/Cn1c(NC(=C)c3cc(C)nn3CC)nc3cc(C(=C)N)cc(c31)CCC(N1CC3CCC(C3)C1)CC2. The minimum absolute atomic E-state index is 0.390. The molecule has 322 valence electrons. The fourth-order valence-corrected chi connectivity index (χ4v) is 10.5. The third kappa shape index (κ3) is 7.92. The zero-order valence-electron chi connectivity index (χ0n) is 37.1. The fraction of sp³-hybridized carbons (Fsp3) is 0.400. The maximum atomic E-state index is 6.46. The molecule has 12 heteroatoms. The van der Waals surface area contributed by atoms with E-state index in [1.165, 1.54) is 43.5 Å². The van der Waals surface area contributed by atoms with Crippen LogP contribution in [0, 0.1) is 25.7 Å². The zero-order chi connectivity index (χ0) is 43.2. The number of hydrogen-bond donors (Lipinski definition) is 3. The maximum Gasteiger partial charge on any atom is 0.208 e. The maximum absolute atomic E-state index is 6.46. The Kier molecular flexibility index (Phi) is 11.3. The van der Waals surface area contributed by atoms with Crippen LogP contribution in [0.15, 0.2) is 74.9 Å². The van der Waals surface area contributed by atoms with Gasteiger partial charge in [-0.05, 0) is 143 Å². The Morgan fingerprint density at radius 3 is 1.74 bits per heavy atom. The van der Waals surface area contributed by atoms with E-state index in [0.717, 1.165) is 130 Å². The van der Waals surface area contributed by atoms with Crippen molar-refractivity contribution in [2.24, 2.45) is 17.6 Å². The molecule has 6 heterocycles. The van der Waals surface area contributed by atoms with Gasteiger partial charge in [-0.1, -0.05) is 44.5 Å². The van der Waals surface area contributed by atoms with Gasteiger partial charge in [0, 0.05) is 51.0 Å². The van der Waals surface area contributed by atoms with Crippen LogP contribution in [0.1, 0.15) is 91.0 Å². The molecule has 2 fully saturated rings. The molecule has 4 N–H and O–H groups in total. The summed E-state index contributed by atoms with van der Waals surface area (Å²) in [6, 6.07) is 13.4. The van der Waals surface area contributed by atoms with E-state index in [0.29, 0.717) is 24.8 Å². The first-order chi connectivity index (χ1) is 30.0. The van der Waals surface area contributed by atoms with E-state index in [-0.39, 0.29) is 0 Å². The Balaban J connectivity index is 1.17. The van der Waals surface area contributed by atoms with E-state index < -0.39 is 0 Å². The molecular formula is C50H62N12. The quantitative estimate of drug-likeness (QED) is 0.110. The molecule has 4 aromatic heterocycles. The summed E-state index contributed by atoms with van der Waals surface area (Å²) in [5.41, 5.74) is 20.9. The van der Waals surface area contributed by atoms with Gasteiger partial charge in [-0.25, -0.2) is 9.97 Å². The summed E-state index contributed by atoms with van der Waals surface area (Å²) in [5, 5.41) is 16.7. The van der Waals surface area contributed by atoms with E-state index in [2.05, 4.69) is 113 Å². The third-order valence-electron chi connectivity index (χ3n) is 13.4. The van der Waals surface area contributed by atoms with Gasteiger partial charge in [-0.2, -0.15) is 10.2 Å². The number of anilines is 2. The Morgan fingerprint density at radius 2 is 1.24 bits per heavy atom. The monoisotopic (exact) mass is 831 g/mol. The van der Waals surface area contributed by atoms with E-state index in [4.69, 9.17) is 25.9 Å². The second kappa shape index (κ2) is 17.0. The summed E-state index contributed by atoms with van der Waals surface area (Å²) >= 11 is 0. The van der Waals surface area contributed by atoms with Crippen LogP contribution in [0.5, 0.6) is 0 Å². The minimum atomic E-state index is 0.390. The molecule has 3 aliphatic rings. The highest BCUT2D eigenvalue weighted by atomic mass is 15.3. The number of aromatic nitrogens is 8. The largest absolute Gasteiger partial charge is 0.399 e. The van der Waals surface area contributed by atoms with Crippen molar-refractivity contribution in [3.05, 3.63) is 120 Å². The van der Waals surface area contributed by atoms with E-state index in [1.54, 1.807) is 0 Å². The van der Waals surface area contributed by atoms with Gasteiger partial charge in [0.2, 0.25) is 11.9 Å². The van der Waals surface area contributed by atoms with Gasteiger partial charge >= 0.3 is 0 Å². The number of likely N-dealkylation sites (tertiary alicyclic amines) is 1. The Labute approximate surface area is 365 Å². The number of fused-ring (bicyclic) bond motifs is 2. The van der Waals surface area contributed by atoms with Crippen molar-refractivity contribution in [3.63, 3.8) is 0 Å². The number of imidazole rings is 2. The molecular weight excluding hydrogens is 769 g/mol. The summed E-state index contributed by atoms with van der Waals surface area (Å²) in [6.45, 7) is 30.6. The number of hydrogen-bond acceptors (Lipinski definition) is 8. The molecule has 3 atom stereocenters. The zero-order valence-corrected chi connectivity index (χ0v) is 37.1. The molecule has 2 aromatic carbocycles. The molecule has 12 nitrogen and oxygen atoms in total. The Bertz CT molecular complexity index is 2740. The first-order valence-electron chi connectivity index (χ1n) is 22.5. The molecule has 6 aromatic rings. The predicted octanol–water partition coefficient (Wildman–Crippen LogP) is 9.41. The highest BCUT2D eigenvalue weighted by molar-refractivity contribution is 5.88. The van der Waals surface area contributed by atoms with Crippen molar-refractivity contribution < 1.29 is 0 Å². The number of piperidine rings is 1. The highest BCUT2D eigenvalue weighted by Crippen LogP contribution is 2.39. The lowest BCUT2D eigenvalue weighted by molar-refractivity contribution is 0.106. The van der Waals surface area contributed by atoms with E-state index >= 15 is 0 Å². The molecule has 9 rings (SSSR count). The first kappa shape index (κ1) is 41.2. The topological polar surface area (TPSA) is 125 Å². The predicted molar refractivity (Wildman–Crippen MR) is 255 cm³/mol. The van der Waals surface area contributed by atoms with E-state index in [9.17, 15) is 0 Å². The summed E-state index contributed by atoms with van der Waals surface area (Å²) in [5.74, 6) is 3.04. The lowest BCUT2D eigenvalue weighted by Crippen LogP contribution is -2.44. The molecule has 2 bridgehead atoms. The van der Waals surface area contributed by atoms with Crippen molar-refractivity contribution >= 4 is 57.1 Å². The number of nitrogens with one attached hydrogen (secondary N) is 2. The van der Waals surface area contributed by atoms with Crippen molar-refractivity contribution in [1.82, 2.24) is 43.6 Å². The number of rotatable bonds is 11. The van der Waals surface area contributed by atoms with Crippen LogP contribution in [-0.4, -0.2) is 62.7 Å². The second-order valence-electron chi connectivity index (χ2n) is 17.8. The van der Waals surface area contributed by atoms with Gasteiger partial charge in [0.1, 0.15) is 0 Å². The van der Waals surface area contributed by atoms with E-state index in [1.807, 2.05) is 29.3 Å². The normalized spacial score (nSPS) is 19.9. The Morgan fingerprint density at radius 1 is 0.726 bits per heavy atom. The number of nitrogens with two attached hydrogens (primary N) is 1. The van der Waals surface area contributed by atoms with Gasteiger partial charge in [-0.3, -0.25) is 14.3 Å². The average molecular weight is 831 g/mol. The molecule has 0 spiro atoms. The number of benzene rings is 2. The summed E-state index contributed by atoms with van der Waals surface area (Å²) in [4.78, 5) is 13.4. The van der Waals surface area contributed by atoms with Gasteiger partial charge < -0.3 is 25.5 Å². The molecule has 62 heavy (non-hydrogen) atoms. The molecule has 1 saturated heterocycles. The minimum Gasteiger partial charge on any atom is -0.399 e. The van der Waals surface area contributed by atoms with Crippen molar-refractivity contribution in [1.29, 1.82) is 0 Å². The van der Waals surface area contributed by atoms with Crippen molar-refractivity contribution in [2.45, 2.75) is 105 Å². The second-order valence-corrected chi connectivity index (χ2v) is 17.8. The molecule has 1 aliphatic carbocycles. The first-order valence-corrected chi connectivity index (χ1v) is 22.5. The van der Waals surface area contributed by atoms with Gasteiger partial charge in [-0.15, -0.1) is 0 Å². The molecule has 3 unspecified atom stereocenters. The fourth-order valence-electron chi connectivity index (χ4n) is 10.5. The van der Waals surface area contributed by atoms with Gasteiger partial charge in [0.15, 0.2) is 0 Å². The summed E-state index contributed by atoms with van der Waals surface area (Å²) in [6.07, 6.45) is 14.3. The van der Waals surface area contributed by atoms with Crippen LogP contribution in [0.4, 0.5) is 11.9 Å². The van der Waals surface area contributed by atoms with Crippen LogP contribution >= 0.6 is 0 Å². The van der Waals surface area contributed by atoms with Crippen molar-refractivity contribution in [2.75, 3.05) is 23.7 Å². The molecule has 0 radical (unpaired) electrons. The standard InChI is InChI=1S/C50H62N12/c1-9-36-25-39-16-18-42(58-29-37-14-15-38(24-37)30-58)19-17-40-27-41(33(6)51)28-44-48(40)60(50(55-44)53-35(8)46-23-32(5)57-62(46)11-3)21-13-12-20-59-47(39)43(26-36)54-49(59)52-34(7)45-22-31(4)56-61(45)10-2/h9,12-13,22-23,25-28,37-38,42H,1,6-8,10-11,14-21,24,29-30,51H2,2-5H3,(H,52,54)(H,53,55)/b13-12+. The van der Waals surface area contributed by atoms with Crippen molar-refractivity contribution in [3.8, 4) is 0 Å². The summed E-state index contributed by atoms with van der Waals surface area (Å²) < 4.78 is 8.59. The number of allylic oxidation sites excluding steroid dienone is 2. The Hall–Kier alpha value is -6.14. The highest BCUT2D eigenvalue weighted by Gasteiger charge is 2.36. The molecule has 1 saturated carbocycles. The van der Waals surface area contributed by atoms with Crippen LogP contribution in [-0.2, 0) is 39.0 Å². The smallest absolute Gasteiger partial charge is 0.208 e. The lowest BCUT2D eigenvalue weighted by Gasteiger charge is -2.38. The van der Waals surface area contributed by atoms with Crippen LogP contribution in [0.2, 0.25) is 0 Å².